The van der Waals surface area contributed by atoms with Gasteiger partial charge in [-0.25, -0.2) is 4.79 Å². The molecular formula is C5H2F3N3O3S. The summed E-state index contributed by atoms with van der Waals surface area (Å²) >= 11 is 0.348. The minimum atomic E-state index is -5.08. The first kappa shape index (κ1) is 11.4. The summed E-state index contributed by atoms with van der Waals surface area (Å²) in [6.45, 7) is 0. The molecule has 1 aromatic rings. The number of carboxylic acids is 1. The number of carbonyl (C=O) groups excluding carboxylic acids is 1. The highest BCUT2D eigenvalue weighted by Gasteiger charge is 2.39. The molecule has 2 N–H and O–H groups in total. The van der Waals surface area contributed by atoms with Crippen molar-refractivity contribution in [1.29, 1.82) is 0 Å². The van der Waals surface area contributed by atoms with Crippen LogP contribution >= 0.6 is 11.5 Å². The van der Waals surface area contributed by atoms with Gasteiger partial charge in [0.15, 0.2) is 5.00 Å². The Morgan fingerprint density at radius 1 is 1.40 bits per heavy atom. The molecule has 6 nitrogen and oxygen atoms in total. The first-order valence-corrected chi connectivity index (χ1v) is 4.03. The van der Waals surface area contributed by atoms with Crippen LogP contribution < -0.4 is 5.32 Å². The molecule has 0 atom stereocenters. The highest BCUT2D eigenvalue weighted by atomic mass is 32.1. The normalized spacial score (nSPS) is 11.1. The largest absolute Gasteiger partial charge is 0.476 e. The summed E-state index contributed by atoms with van der Waals surface area (Å²) in [5.41, 5.74) is -0.724. The number of carbonyl (C=O) groups is 2. The van der Waals surface area contributed by atoms with Crippen molar-refractivity contribution in [2.24, 2.45) is 0 Å². The highest BCUT2D eigenvalue weighted by molar-refractivity contribution is 7.10. The molecule has 1 amide bonds. The van der Waals surface area contributed by atoms with Gasteiger partial charge in [0.25, 0.3) is 0 Å². The Kier molecular flexibility index (Phi) is 2.88. The topological polar surface area (TPSA) is 92.2 Å². The Hall–Kier alpha value is -1.71. The molecule has 0 fully saturated rings. The molecule has 1 heterocycles. The summed E-state index contributed by atoms with van der Waals surface area (Å²) in [4.78, 5) is 20.8. The number of nitrogens with one attached hydrogen (secondary N) is 1. The van der Waals surface area contributed by atoms with Crippen molar-refractivity contribution < 1.29 is 27.9 Å². The predicted octanol–water partition coefficient (Wildman–Crippen LogP) is 0.737. The first-order valence-electron chi connectivity index (χ1n) is 3.26. The summed E-state index contributed by atoms with van der Waals surface area (Å²) < 4.78 is 38.4. The smallest absolute Gasteiger partial charge is 0.471 e. The molecule has 0 spiro atoms. The molecule has 0 saturated carbocycles. The fraction of sp³-hybridized carbons (Fsp3) is 0.200. The zero-order chi connectivity index (χ0) is 11.6. The van der Waals surface area contributed by atoms with E-state index in [4.69, 9.17) is 5.11 Å². The van der Waals surface area contributed by atoms with Crippen molar-refractivity contribution in [1.82, 2.24) is 9.59 Å². The lowest BCUT2D eigenvalue weighted by Gasteiger charge is -2.04. The number of hydrogen-bond donors (Lipinski definition) is 2. The highest BCUT2D eigenvalue weighted by Crippen LogP contribution is 2.22. The number of carboxylic acid groups (broad SMARTS) is 1. The van der Waals surface area contributed by atoms with Crippen molar-refractivity contribution in [3.8, 4) is 0 Å². The second-order valence-corrected chi connectivity index (χ2v) is 2.96. The van der Waals surface area contributed by atoms with E-state index >= 15 is 0 Å². The van der Waals surface area contributed by atoms with Gasteiger partial charge in [0.2, 0.25) is 5.69 Å². The fourth-order valence-electron chi connectivity index (χ4n) is 0.587. The minimum absolute atomic E-state index is 0.348. The van der Waals surface area contributed by atoms with Crippen LogP contribution in [0.4, 0.5) is 18.2 Å². The van der Waals surface area contributed by atoms with Crippen LogP contribution in [0.3, 0.4) is 0 Å². The van der Waals surface area contributed by atoms with E-state index in [0.29, 0.717) is 11.5 Å². The standard InChI is InChI=1S/C5H2F3N3O3S/c6-5(7,8)4(14)9-2-1(3(12)13)10-11-15-2/h(H,9,14)(H,12,13). The van der Waals surface area contributed by atoms with Crippen molar-refractivity contribution in [3.05, 3.63) is 5.69 Å². The van der Waals surface area contributed by atoms with Gasteiger partial charge in [-0.1, -0.05) is 4.49 Å². The summed E-state index contributed by atoms with van der Waals surface area (Å²) in [6.07, 6.45) is -5.08. The van der Waals surface area contributed by atoms with Crippen LogP contribution in [0.1, 0.15) is 10.5 Å². The molecule has 15 heavy (non-hydrogen) atoms. The van der Waals surface area contributed by atoms with Crippen molar-refractivity contribution in [3.63, 3.8) is 0 Å². The number of alkyl halides is 3. The van der Waals surface area contributed by atoms with E-state index in [1.54, 1.807) is 0 Å². The Morgan fingerprint density at radius 2 is 2.00 bits per heavy atom. The molecule has 1 rings (SSSR count). The lowest BCUT2D eigenvalue weighted by molar-refractivity contribution is -0.167. The second-order valence-electron chi connectivity index (χ2n) is 2.21. The molecule has 0 radical (unpaired) electrons. The lowest BCUT2D eigenvalue weighted by Crippen LogP contribution is -2.30. The monoisotopic (exact) mass is 241 g/mol. The molecule has 82 valence electrons. The van der Waals surface area contributed by atoms with E-state index in [-0.39, 0.29) is 0 Å². The van der Waals surface area contributed by atoms with E-state index < -0.39 is 28.7 Å². The predicted molar refractivity (Wildman–Crippen MR) is 41.6 cm³/mol. The number of aromatic carboxylic acids is 1. The third-order valence-corrected chi connectivity index (χ3v) is 1.82. The Bertz CT molecular complexity index is 402. The number of nitrogens with zero attached hydrogens (tertiary/aromatic N) is 2. The summed E-state index contributed by atoms with van der Waals surface area (Å²) in [6, 6.07) is 0. The zero-order valence-corrected chi connectivity index (χ0v) is 7.52. The van der Waals surface area contributed by atoms with Crippen molar-refractivity contribution in [2.75, 3.05) is 5.32 Å². The maximum absolute atomic E-state index is 11.8. The lowest BCUT2D eigenvalue weighted by atomic mass is 10.4. The third kappa shape index (κ3) is 2.62. The summed E-state index contributed by atoms with van der Waals surface area (Å²) in [5.74, 6) is -3.84. The number of amides is 1. The number of rotatable bonds is 2. The quantitative estimate of drug-likeness (QED) is 0.796. The van der Waals surface area contributed by atoms with Crippen molar-refractivity contribution in [2.45, 2.75) is 6.18 Å². The molecule has 0 saturated heterocycles. The van der Waals surface area contributed by atoms with E-state index in [0.717, 1.165) is 0 Å². The summed E-state index contributed by atoms with van der Waals surface area (Å²) in [7, 11) is 0. The average Bonchev–Trinajstić information content (AvgIpc) is 2.50. The van der Waals surface area contributed by atoms with Crippen molar-refractivity contribution >= 4 is 28.4 Å². The minimum Gasteiger partial charge on any atom is -0.476 e. The molecule has 0 aliphatic heterocycles. The van der Waals surface area contributed by atoms with Gasteiger partial charge in [0.1, 0.15) is 0 Å². The molecule has 0 aliphatic carbocycles. The van der Waals surface area contributed by atoms with Crippen LogP contribution in [0.25, 0.3) is 0 Å². The van der Waals surface area contributed by atoms with Gasteiger partial charge in [-0.15, -0.1) is 5.10 Å². The summed E-state index contributed by atoms with van der Waals surface area (Å²) in [5, 5.41) is 12.3. The van der Waals surface area contributed by atoms with E-state index in [1.165, 1.54) is 5.32 Å². The van der Waals surface area contributed by atoms with E-state index in [9.17, 15) is 22.8 Å². The van der Waals surface area contributed by atoms with Gasteiger partial charge in [-0.05, 0) is 0 Å². The first-order chi connectivity index (χ1) is 6.82. The van der Waals surface area contributed by atoms with Crippen LogP contribution in [0.15, 0.2) is 0 Å². The maximum atomic E-state index is 11.8. The van der Waals surface area contributed by atoms with Crippen LogP contribution in [0.2, 0.25) is 0 Å². The molecule has 0 unspecified atom stereocenters. The van der Waals surface area contributed by atoms with E-state index in [2.05, 4.69) is 9.59 Å². The van der Waals surface area contributed by atoms with Crippen LogP contribution in [-0.2, 0) is 4.79 Å². The van der Waals surface area contributed by atoms with Gasteiger partial charge < -0.3 is 10.4 Å². The van der Waals surface area contributed by atoms with Crippen LogP contribution in [-0.4, -0.2) is 32.7 Å². The van der Waals surface area contributed by atoms with Gasteiger partial charge in [0, 0.05) is 11.5 Å². The number of aromatic nitrogens is 2. The second kappa shape index (κ2) is 3.81. The molecule has 1 aromatic heterocycles. The average molecular weight is 241 g/mol. The third-order valence-electron chi connectivity index (χ3n) is 1.18. The van der Waals surface area contributed by atoms with E-state index in [1.807, 2.05) is 0 Å². The zero-order valence-electron chi connectivity index (χ0n) is 6.70. The number of halogens is 3. The van der Waals surface area contributed by atoms with Gasteiger partial charge >= 0.3 is 18.1 Å². The maximum Gasteiger partial charge on any atom is 0.471 e. The molecule has 0 aromatic carbocycles. The number of hydrogen-bond acceptors (Lipinski definition) is 5. The Balaban J connectivity index is 2.86. The number of anilines is 1. The SMILES string of the molecule is O=C(O)c1nnsc1NC(=O)C(F)(F)F. The molecule has 0 bridgehead atoms. The Morgan fingerprint density at radius 3 is 2.47 bits per heavy atom. The van der Waals surface area contributed by atoms with Crippen LogP contribution in [0, 0.1) is 0 Å². The van der Waals surface area contributed by atoms with Gasteiger partial charge in [-0.3, -0.25) is 4.79 Å². The molecule has 10 heteroatoms. The molecular weight excluding hydrogens is 239 g/mol. The molecule has 0 aliphatic rings. The van der Waals surface area contributed by atoms with Crippen LogP contribution in [0.5, 0.6) is 0 Å². The fourth-order valence-corrected chi connectivity index (χ4v) is 1.14. The Labute approximate surface area is 83.9 Å². The van der Waals surface area contributed by atoms with Gasteiger partial charge in [-0.2, -0.15) is 13.2 Å². The van der Waals surface area contributed by atoms with Gasteiger partial charge in [0.05, 0.1) is 0 Å².